The summed E-state index contributed by atoms with van der Waals surface area (Å²) in [5.74, 6) is 0. The van der Waals surface area contributed by atoms with Crippen molar-refractivity contribution in [3.05, 3.63) is 11.6 Å². The Morgan fingerprint density at radius 3 is 2.44 bits per heavy atom. The molecular formula is C15H25N. The maximum Gasteiger partial charge on any atom is 0.0392 e. The van der Waals surface area contributed by atoms with Crippen LogP contribution in [0.2, 0.25) is 0 Å². The summed E-state index contributed by atoms with van der Waals surface area (Å²) in [5, 5.41) is 0. The molecule has 2 aliphatic rings. The molecule has 1 heteroatoms. The van der Waals surface area contributed by atoms with Crippen molar-refractivity contribution in [2.75, 3.05) is 6.54 Å². The van der Waals surface area contributed by atoms with E-state index in [4.69, 9.17) is 4.99 Å². The molecule has 0 fully saturated rings. The number of hydrogen-bond acceptors (Lipinski definition) is 1. The lowest BCUT2D eigenvalue weighted by Crippen LogP contribution is -2.08. The van der Waals surface area contributed by atoms with Crippen LogP contribution in [-0.4, -0.2) is 12.3 Å². The van der Waals surface area contributed by atoms with Crippen LogP contribution in [0.1, 0.15) is 70.6 Å². The smallest absolute Gasteiger partial charge is 0.0392 e. The molecule has 0 aromatic heterocycles. The van der Waals surface area contributed by atoms with Crippen LogP contribution in [0.25, 0.3) is 0 Å². The first kappa shape index (κ1) is 11.9. The Kier molecular flexibility index (Phi) is 5.11. The van der Waals surface area contributed by atoms with E-state index in [1.165, 1.54) is 76.3 Å². The Morgan fingerprint density at radius 1 is 0.750 bits per heavy atom. The highest BCUT2D eigenvalue weighted by atomic mass is 14.7. The Balaban J connectivity index is 2.01. The number of allylic oxidation sites excluding steroid dienone is 2. The van der Waals surface area contributed by atoms with Gasteiger partial charge >= 0.3 is 0 Å². The molecule has 0 radical (unpaired) electrons. The lowest BCUT2D eigenvalue weighted by atomic mass is 9.93. The summed E-state index contributed by atoms with van der Waals surface area (Å²) in [4.78, 5) is 4.83. The second kappa shape index (κ2) is 6.88. The molecule has 1 nitrogen and oxygen atoms in total. The highest BCUT2D eigenvalue weighted by Gasteiger charge is 2.10. The van der Waals surface area contributed by atoms with Gasteiger partial charge in [-0.3, -0.25) is 4.99 Å². The van der Waals surface area contributed by atoms with Crippen molar-refractivity contribution in [1.29, 1.82) is 0 Å². The fraction of sp³-hybridized carbons (Fsp3) is 0.800. The van der Waals surface area contributed by atoms with E-state index in [9.17, 15) is 0 Å². The van der Waals surface area contributed by atoms with Gasteiger partial charge in [0.25, 0.3) is 0 Å². The Labute approximate surface area is 100 Å². The van der Waals surface area contributed by atoms with Crippen molar-refractivity contribution in [1.82, 2.24) is 0 Å². The first-order valence-electron chi connectivity index (χ1n) is 7.19. The van der Waals surface area contributed by atoms with Crippen molar-refractivity contribution in [3.63, 3.8) is 0 Å². The first-order valence-corrected chi connectivity index (χ1v) is 7.19. The van der Waals surface area contributed by atoms with Crippen LogP contribution in [-0.2, 0) is 0 Å². The minimum Gasteiger partial charge on any atom is -0.289 e. The molecule has 0 saturated heterocycles. The largest absolute Gasteiger partial charge is 0.289 e. The average Bonchev–Trinajstić information content (AvgIpc) is 2.18. The summed E-state index contributed by atoms with van der Waals surface area (Å²) >= 11 is 0. The van der Waals surface area contributed by atoms with Gasteiger partial charge in [-0.25, -0.2) is 0 Å². The molecule has 0 unspecified atom stereocenters. The van der Waals surface area contributed by atoms with Gasteiger partial charge in [-0.05, 0) is 50.5 Å². The normalized spacial score (nSPS) is 24.5. The predicted octanol–water partition coefficient (Wildman–Crippen LogP) is 4.67. The van der Waals surface area contributed by atoms with Crippen molar-refractivity contribution >= 4 is 5.71 Å². The lowest BCUT2D eigenvalue weighted by Gasteiger charge is -2.16. The zero-order valence-electron chi connectivity index (χ0n) is 10.5. The van der Waals surface area contributed by atoms with E-state index in [0.717, 1.165) is 6.54 Å². The molecule has 0 bridgehead atoms. The molecule has 0 atom stereocenters. The molecule has 1 aliphatic heterocycles. The van der Waals surface area contributed by atoms with Gasteiger partial charge in [0.05, 0.1) is 0 Å². The molecule has 0 aromatic rings. The Hall–Kier alpha value is -0.590. The molecule has 0 N–H and O–H groups in total. The maximum absolute atomic E-state index is 4.83. The van der Waals surface area contributed by atoms with Crippen LogP contribution >= 0.6 is 0 Å². The summed E-state index contributed by atoms with van der Waals surface area (Å²) in [6.07, 6.45) is 17.4. The molecule has 1 aliphatic carbocycles. The van der Waals surface area contributed by atoms with E-state index in [1.807, 2.05) is 0 Å². The minimum absolute atomic E-state index is 1.08. The van der Waals surface area contributed by atoms with Crippen LogP contribution < -0.4 is 0 Å². The third kappa shape index (κ3) is 3.77. The summed E-state index contributed by atoms with van der Waals surface area (Å²) in [5.41, 5.74) is 3.06. The second-order valence-electron chi connectivity index (χ2n) is 5.17. The van der Waals surface area contributed by atoms with Gasteiger partial charge in [-0.2, -0.15) is 0 Å². The maximum atomic E-state index is 4.83. The van der Waals surface area contributed by atoms with Gasteiger partial charge in [0.2, 0.25) is 0 Å². The first-order chi connectivity index (χ1) is 7.97. The number of rotatable bonds is 1. The zero-order chi connectivity index (χ0) is 11.1. The summed E-state index contributed by atoms with van der Waals surface area (Å²) in [7, 11) is 0. The number of aliphatic imine (C=N–C) groups is 1. The van der Waals surface area contributed by atoms with Crippen molar-refractivity contribution in [3.8, 4) is 0 Å². The van der Waals surface area contributed by atoms with Crippen LogP contribution in [0.3, 0.4) is 0 Å². The van der Waals surface area contributed by atoms with Crippen LogP contribution in [0.15, 0.2) is 16.6 Å². The highest BCUT2D eigenvalue weighted by Crippen LogP contribution is 2.21. The minimum atomic E-state index is 1.08. The topological polar surface area (TPSA) is 12.4 Å². The Morgan fingerprint density at radius 2 is 1.50 bits per heavy atom. The van der Waals surface area contributed by atoms with Gasteiger partial charge < -0.3 is 0 Å². The molecule has 2 rings (SSSR count). The summed E-state index contributed by atoms with van der Waals surface area (Å²) in [6.45, 7) is 1.08. The van der Waals surface area contributed by atoms with Crippen LogP contribution in [0, 0.1) is 0 Å². The van der Waals surface area contributed by atoms with Crippen LogP contribution in [0.4, 0.5) is 0 Å². The van der Waals surface area contributed by atoms with E-state index in [-0.39, 0.29) is 0 Å². The lowest BCUT2D eigenvalue weighted by molar-refractivity contribution is 0.622. The van der Waals surface area contributed by atoms with Crippen molar-refractivity contribution in [2.24, 2.45) is 4.99 Å². The average molecular weight is 219 g/mol. The van der Waals surface area contributed by atoms with E-state index in [0.29, 0.717) is 0 Å². The van der Waals surface area contributed by atoms with Gasteiger partial charge in [0, 0.05) is 12.3 Å². The van der Waals surface area contributed by atoms with Crippen molar-refractivity contribution in [2.45, 2.75) is 70.6 Å². The summed E-state index contributed by atoms with van der Waals surface area (Å²) in [6, 6.07) is 0. The predicted molar refractivity (Wildman–Crippen MR) is 71.2 cm³/mol. The monoisotopic (exact) mass is 219 g/mol. The molecule has 0 amide bonds. The quantitative estimate of drug-likeness (QED) is 0.607. The number of hydrogen-bond donors (Lipinski definition) is 0. The fourth-order valence-electron chi connectivity index (χ4n) is 2.77. The van der Waals surface area contributed by atoms with Gasteiger partial charge in [-0.1, -0.05) is 31.8 Å². The Bertz CT molecular complexity index is 235. The van der Waals surface area contributed by atoms with E-state index in [1.54, 1.807) is 5.57 Å². The standard InChI is InChI=1S/C15H25N/c1-2-6-10-14(11-7-3-1)15-12-8-4-5-9-13-16-15/h10H,1-9,11-13H2. The van der Waals surface area contributed by atoms with E-state index < -0.39 is 0 Å². The second-order valence-corrected chi connectivity index (χ2v) is 5.17. The third-order valence-corrected chi connectivity index (χ3v) is 3.79. The highest BCUT2D eigenvalue weighted by molar-refractivity contribution is 6.00. The van der Waals surface area contributed by atoms with Crippen LogP contribution in [0.5, 0.6) is 0 Å². The van der Waals surface area contributed by atoms with Gasteiger partial charge in [0.15, 0.2) is 0 Å². The molecule has 0 saturated carbocycles. The van der Waals surface area contributed by atoms with Gasteiger partial charge in [0.1, 0.15) is 0 Å². The molecule has 90 valence electrons. The SMILES string of the molecule is C1=C(C2=NCCCCCC2)CCCCCC1. The third-order valence-electron chi connectivity index (χ3n) is 3.79. The van der Waals surface area contributed by atoms with Gasteiger partial charge in [-0.15, -0.1) is 0 Å². The zero-order valence-corrected chi connectivity index (χ0v) is 10.5. The summed E-state index contributed by atoms with van der Waals surface area (Å²) < 4.78 is 0. The fourth-order valence-corrected chi connectivity index (χ4v) is 2.77. The van der Waals surface area contributed by atoms with Crippen molar-refractivity contribution < 1.29 is 0 Å². The van der Waals surface area contributed by atoms with E-state index in [2.05, 4.69) is 6.08 Å². The molecule has 0 spiro atoms. The number of nitrogens with zero attached hydrogens (tertiary/aromatic N) is 1. The van der Waals surface area contributed by atoms with E-state index >= 15 is 0 Å². The molecular weight excluding hydrogens is 194 g/mol. The molecule has 0 aromatic carbocycles. The molecule has 16 heavy (non-hydrogen) atoms. The molecule has 1 heterocycles.